The maximum absolute atomic E-state index is 4.58. The lowest BCUT2D eigenvalue weighted by Gasteiger charge is -2.54. The van der Waals surface area contributed by atoms with Gasteiger partial charge in [-0.05, 0) is 32.1 Å². The molecule has 0 amide bonds. The highest BCUT2D eigenvalue weighted by molar-refractivity contribution is 6.15. The van der Waals surface area contributed by atoms with Crippen LogP contribution in [0.25, 0.3) is 0 Å². The van der Waals surface area contributed by atoms with Crippen molar-refractivity contribution < 1.29 is 0 Å². The number of piperidine rings is 1. The van der Waals surface area contributed by atoms with Crippen LogP contribution < -0.4 is 0 Å². The molecule has 1 aliphatic carbocycles. The standard InChI is InChI=1S/C15H29BN2/c1-5-11(2)18-13-7-6-10-15(3,16)12(13)8-9-14(18)17-4/h11-13H,5-10,16H2,1-4H3/b17-14-. The predicted molar refractivity (Wildman–Crippen MR) is 82.2 cm³/mol. The van der Waals surface area contributed by atoms with Gasteiger partial charge in [-0.25, -0.2) is 0 Å². The van der Waals surface area contributed by atoms with Crippen LogP contribution in [-0.2, 0) is 0 Å². The fraction of sp³-hybridized carbons (Fsp3) is 0.933. The third-order valence-electron chi connectivity index (χ3n) is 5.45. The van der Waals surface area contributed by atoms with Crippen LogP contribution in [0.5, 0.6) is 0 Å². The van der Waals surface area contributed by atoms with Crippen LogP contribution in [-0.4, -0.2) is 37.7 Å². The molecule has 2 rings (SSSR count). The number of nitrogens with zero attached hydrogens (tertiary/aromatic N) is 2. The number of likely N-dealkylation sites (tertiary alicyclic amines) is 1. The molecule has 0 aromatic heterocycles. The van der Waals surface area contributed by atoms with Crippen LogP contribution in [0.3, 0.4) is 0 Å². The summed E-state index contributed by atoms with van der Waals surface area (Å²) in [4.78, 5) is 7.26. The minimum atomic E-state index is 0.522. The molecule has 0 radical (unpaired) electrons. The average Bonchev–Trinajstić information content (AvgIpc) is 2.36. The molecule has 0 bridgehead atoms. The third kappa shape index (κ3) is 2.33. The topological polar surface area (TPSA) is 15.6 Å². The van der Waals surface area contributed by atoms with Crippen LogP contribution in [0.2, 0.25) is 5.31 Å². The molecule has 1 aliphatic heterocycles. The molecule has 0 aromatic carbocycles. The molecule has 2 nitrogen and oxygen atoms in total. The monoisotopic (exact) mass is 248 g/mol. The molecule has 4 atom stereocenters. The van der Waals surface area contributed by atoms with Crippen molar-refractivity contribution in [2.24, 2.45) is 10.9 Å². The van der Waals surface area contributed by atoms with Crippen molar-refractivity contribution in [2.45, 2.75) is 76.7 Å². The second kappa shape index (κ2) is 5.26. The van der Waals surface area contributed by atoms with E-state index in [0.717, 1.165) is 12.0 Å². The second-order valence-electron chi connectivity index (χ2n) is 6.90. The predicted octanol–water partition coefficient (Wildman–Crippen LogP) is 2.89. The Bertz CT molecular complexity index is 324. The second-order valence-corrected chi connectivity index (χ2v) is 6.90. The van der Waals surface area contributed by atoms with Crippen molar-refractivity contribution in [3.63, 3.8) is 0 Å². The first-order valence-corrected chi connectivity index (χ1v) is 7.75. The van der Waals surface area contributed by atoms with Gasteiger partial charge in [0.25, 0.3) is 0 Å². The van der Waals surface area contributed by atoms with E-state index in [9.17, 15) is 0 Å². The van der Waals surface area contributed by atoms with Crippen molar-refractivity contribution in [3.8, 4) is 0 Å². The minimum absolute atomic E-state index is 0.522. The van der Waals surface area contributed by atoms with E-state index in [1.54, 1.807) is 0 Å². The van der Waals surface area contributed by atoms with Crippen LogP contribution in [0.4, 0.5) is 0 Å². The summed E-state index contributed by atoms with van der Waals surface area (Å²) in [6.07, 6.45) is 7.92. The summed E-state index contributed by atoms with van der Waals surface area (Å²) in [5.41, 5.74) is 0. The Morgan fingerprint density at radius 3 is 2.83 bits per heavy atom. The van der Waals surface area contributed by atoms with Crippen LogP contribution in [0.15, 0.2) is 4.99 Å². The molecule has 0 aromatic rings. The van der Waals surface area contributed by atoms with E-state index in [-0.39, 0.29) is 0 Å². The molecule has 2 fully saturated rings. The maximum atomic E-state index is 4.58. The van der Waals surface area contributed by atoms with Gasteiger partial charge >= 0.3 is 0 Å². The summed E-state index contributed by atoms with van der Waals surface area (Å²) in [7, 11) is 4.45. The van der Waals surface area contributed by atoms with E-state index in [1.807, 2.05) is 7.05 Å². The Morgan fingerprint density at radius 2 is 2.22 bits per heavy atom. The Hall–Kier alpha value is -0.465. The molecule has 0 N–H and O–H groups in total. The number of rotatable bonds is 2. The quantitative estimate of drug-likeness (QED) is 0.686. The summed E-state index contributed by atoms with van der Waals surface area (Å²) in [5.74, 6) is 2.23. The highest BCUT2D eigenvalue weighted by Crippen LogP contribution is 2.50. The molecule has 0 spiro atoms. The van der Waals surface area contributed by atoms with E-state index in [1.165, 1.54) is 44.4 Å². The van der Waals surface area contributed by atoms with Gasteiger partial charge in [-0.1, -0.05) is 32.0 Å². The Morgan fingerprint density at radius 1 is 1.50 bits per heavy atom. The number of amidine groups is 1. The highest BCUT2D eigenvalue weighted by atomic mass is 15.2. The molecule has 18 heavy (non-hydrogen) atoms. The fourth-order valence-corrected chi connectivity index (χ4v) is 4.20. The van der Waals surface area contributed by atoms with Crippen LogP contribution in [0.1, 0.15) is 59.3 Å². The normalized spacial score (nSPS) is 40.7. The SMILES string of the molecule is BC1(C)CCCC2C1CC/C(=N/C)N2C(C)CC. The zero-order valence-corrected chi connectivity index (χ0v) is 12.9. The first-order chi connectivity index (χ1) is 8.51. The van der Waals surface area contributed by atoms with Crippen molar-refractivity contribution in [1.29, 1.82) is 0 Å². The maximum Gasteiger partial charge on any atom is 0.109 e. The third-order valence-corrected chi connectivity index (χ3v) is 5.45. The van der Waals surface area contributed by atoms with Gasteiger partial charge in [0.15, 0.2) is 0 Å². The van der Waals surface area contributed by atoms with Crippen molar-refractivity contribution in [1.82, 2.24) is 4.90 Å². The van der Waals surface area contributed by atoms with Gasteiger partial charge in [-0.15, -0.1) is 0 Å². The van der Waals surface area contributed by atoms with Gasteiger partial charge in [-0.3, -0.25) is 4.99 Å². The summed E-state index contributed by atoms with van der Waals surface area (Å²) in [6, 6.07) is 1.39. The molecule has 102 valence electrons. The number of hydrogen-bond donors (Lipinski definition) is 0. The molecule has 4 unspecified atom stereocenters. The number of fused-ring (bicyclic) bond motifs is 1. The Balaban J connectivity index is 2.28. The smallest absolute Gasteiger partial charge is 0.109 e. The average molecular weight is 248 g/mol. The van der Waals surface area contributed by atoms with Crippen LogP contribution >= 0.6 is 0 Å². The molecule has 1 saturated heterocycles. The molecule has 1 saturated carbocycles. The largest absolute Gasteiger partial charge is 0.354 e. The van der Waals surface area contributed by atoms with E-state index >= 15 is 0 Å². The van der Waals surface area contributed by atoms with Crippen molar-refractivity contribution >= 4 is 13.7 Å². The lowest BCUT2D eigenvalue weighted by Crippen LogP contribution is -2.56. The van der Waals surface area contributed by atoms with Gasteiger partial charge in [-0.2, -0.15) is 0 Å². The molecular weight excluding hydrogens is 219 g/mol. The van der Waals surface area contributed by atoms with Gasteiger partial charge in [0.1, 0.15) is 7.85 Å². The summed E-state index contributed by atoms with van der Waals surface area (Å²) >= 11 is 0. The molecular formula is C15H29BN2. The van der Waals surface area contributed by atoms with Crippen molar-refractivity contribution in [3.05, 3.63) is 0 Å². The van der Waals surface area contributed by atoms with Gasteiger partial charge in [0, 0.05) is 25.6 Å². The lowest BCUT2D eigenvalue weighted by atomic mass is 9.52. The minimum Gasteiger partial charge on any atom is -0.354 e. The van der Waals surface area contributed by atoms with Gasteiger partial charge in [0.2, 0.25) is 0 Å². The van der Waals surface area contributed by atoms with Gasteiger partial charge in [0.05, 0.1) is 5.84 Å². The first kappa shape index (κ1) is 14.0. The molecule has 2 aliphatic rings. The highest BCUT2D eigenvalue weighted by Gasteiger charge is 2.45. The van der Waals surface area contributed by atoms with Gasteiger partial charge < -0.3 is 4.90 Å². The molecule has 1 heterocycles. The van der Waals surface area contributed by atoms with E-state index in [4.69, 9.17) is 0 Å². The van der Waals surface area contributed by atoms with Crippen molar-refractivity contribution in [2.75, 3.05) is 7.05 Å². The summed E-state index contributed by atoms with van der Waals surface area (Å²) in [5, 5.41) is 0.522. The van der Waals surface area contributed by atoms with E-state index < -0.39 is 0 Å². The Kier molecular flexibility index (Phi) is 4.08. The summed E-state index contributed by atoms with van der Waals surface area (Å²) in [6.45, 7) is 7.15. The zero-order valence-electron chi connectivity index (χ0n) is 12.9. The van der Waals surface area contributed by atoms with Crippen LogP contribution in [0, 0.1) is 5.92 Å². The van der Waals surface area contributed by atoms with E-state index in [2.05, 4.69) is 38.5 Å². The Labute approximate surface area is 114 Å². The molecule has 3 heteroatoms. The number of hydrogen-bond acceptors (Lipinski definition) is 1. The zero-order chi connectivity index (χ0) is 13.3. The van der Waals surface area contributed by atoms with E-state index in [0.29, 0.717) is 11.4 Å². The number of aliphatic imine (C=N–C) groups is 1. The summed E-state index contributed by atoms with van der Waals surface area (Å²) < 4.78 is 0. The first-order valence-electron chi connectivity index (χ1n) is 7.75. The lowest BCUT2D eigenvalue weighted by molar-refractivity contribution is 0.0808. The fourth-order valence-electron chi connectivity index (χ4n) is 4.20.